The number of rotatable bonds is 6. The molecule has 0 radical (unpaired) electrons. The van der Waals surface area contributed by atoms with Crippen molar-refractivity contribution in [2.24, 2.45) is 0 Å². The van der Waals surface area contributed by atoms with Crippen LogP contribution in [0.15, 0.2) is 54.9 Å². The van der Waals surface area contributed by atoms with E-state index in [0.29, 0.717) is 29.0 Å². The minimum Gasteiger partial charge on any atom is -0.495 e. The van der Waals surface area contributed by atoms with Crippen molar-refractivity contribution in [1.82, 2.24) is 15.0 Å². The number of aromatic nitrogens is 3. The molecule has 3 aromatic rings. The second-order valence-electron chi connectivity index (χ2n) is 5.24. The first-order valence-corrected chi connectivity index (χ1v) is 8.15. The molecule has 0 fully saturated rings. The van der Waals surface area contributed by atoms with Gasteiger partial charge in [0.05, 0.1) is 25.0 Å². The third-order valence-corrected chi connectivity index (χ3v) is 3.69. The largest absolute Gasteiger partial charge is 0.495 e. The second kappa shape index (κ2) is 8.26. The van der Waals surface area contributed by atoms with Crippen LogP contribution in [0.1, 0.15) is 16.2 Å². The Labute approximate surface area is 155 Å². The summed E-state index contributed by atoms with van der Waals surface area (Å²) in [5, 5.41) is 6.27. The SMILES string of the molecule is COc1ccc(Cl)cc1NC(=O)c1ccnc(NCc2ccccn2)n1. The summed E-state index contributed by atoms with van der Waals surface area (Å²) in [5.74, 6) is 0.445. The van der Waals surface area contributed by atoms with Crippen molar-refractivity contribution in [3.05, 3.63) is 71.3 Å². The number of amides is 1. The summed E-state index contributed by atoms with van der Waals surface area (Å²) in [5.41, 5.74) is 1.52. The van der Waals surface area contributed by atoms with Crippen LogP contribution in [0, 0.1) is 0 Å². The average molecular weight is 370 g/mol. The number of carbonyl (C=O) groups excluding carboxylic acids is 1. The fourth-order valence-corrected chi connectivity index (χ4v) is 2.38. The maximum Gasteiger partial charge on any atom is 0.274 e. The standard InChI is InChI=1S/C18H16ClN5O2/c1-26-16-6-5-12(19)10-15(16)23-17(25)14-7-9-21-18(24-14)22-11-13-4-2-3-8-20-13/h2-10H,11H2,1H3,(H,23,25)(H,21,22,24). The molecule has 0 unspecified atom stereocenters. The Bertz CT molecular complexity index is 905. The van der Waals surface area contributed by atoms with Crippen molar-refractivity contribution >= 4 is 29.1 Å². The number of benzene rings is 1. The second-order valence-corrected chi connectivity index (χ2v) is 5.68. The van der Waals surface area contributed by atoms with E-state index in [-0.39, 0.29) is 5.69 Å². The molecule has 8 heteroatoms. The average Bonchev–Trinajstić information content (AvgIpc) is 2.67. The number of carbonyl (C=O) groups is 1. The van der Waals surface area contributed by atoms with Gasteiger partial charge in [-0.1, -0.05) is 17.7 Å². The number of ether oxygens (including phenoxy) is 1. The van der Waals surface area contributed by atoms with Crippen LogP contribution in [0.2, 0.25) is 5.02 Å². The first-order chi connectivity index (χ1) is 12.7. The molecule has 1 aromatic carbocycles. The molecule has 2 aromatic heterocycles. The van der Waals surface area contributed by atoms with E-state index >= 15 is 0 Å². The summed E-state index contributed by atoms with van der Waals surface area (Å²) in [7, 11) is 1.52. The lowest BCUT2D eigenvalue weighted by Crippen LogP contribution is -2.16. The van der Waals surface area contributed by atoms with Gasteiger partial charge < -0.3 is 15.4 Å². The van der Waals surface area contributed by atoms with Crippen molar-refractivity contribution in [3.8, 4) is 5.75 Å². The summed E-state index contributed by atoms with van der Waals surface area (Å²) < 4.78 is 5.22. The highest BCUT2D eigenvalue weighted by Crippen LogP contribution is 2.28. The number of methoxy groups -OCH3 is 1. The molecule has 0 aliphatic carbocycles. The molecule has 2 heterocycles. The quantitative estimate of drug-likeness (QED) is 0.692. The predicted octanol–water partition coefficient (Wildman–Crippen LogP) is 3.40. The molecule has 0 atom stereocenters. The lowest BCUT2D eigenvalue weighted by molar-refractivity contribution is 0.102. The highest BCUT2D eigenvalue weighted by Gasteiger charge is 2.12. The first-order valence-electron chi connectivity index (χ1n) is 7.77. The van der Waals surface area contributed by atoms with Gasteiger partial charge in [-0.25, -0.2) is 9.97 Å². The highest BCUT2D eigenvalue weighted by molar-refractivity contribution is 6.31. The number of nitrogens with one attached hydrogen (secondary N) is 2. The summed E-state index contributed by atoms with van der Waals surface area (Å²) in [6.07, 6.45) is 3.22. The van der Waals surface area contributed by atoms with Crippen LogP contribution in [0.25, 0.3) is 0 Å². The fraction of sp³-hybridized carbons (Fsp3) is 0.111. The number of hydrogen-bond donors (Lipinski definition) is 2. The molecule has 0 aliphatic heterocycles. The normalized spacial score (nSPS) is 10.2. The summed E-state index contributed by atoms with van der Waals surface area (Å²) in [6.45, 7) is 0.452. The van der Waals surface area contributed by atoms with Gasteiger partial charge in [0.25, 0.3) is 5.91 Å². The molecule has 0 saturated heterocycles. The smallest absolute Gasteiger partial charge is 0.274 e. The van der Waals surface area contributed by atoms with Crippen LogP contribution in [0.3, 0.4) is 0 Å². The van der Waals surface area contributed by atoms with E-state index in [9.17, 15) is 4.79 Å². The van der Waals surface area contributed by atoms with E-state index in [1.54, 1.807) is 24.4 Å². The number of anilines is 2. The van der Waals surface area contributed by atoms with Gasteiger partial charge in [0.15, 0.2) is 0 Å². The maximum absolute atomic E-state index is 12.5. The van der Waals surface area contributed by atoms with Crippen molar-refractivity contribution in [2.45, 2.75) is 6.54 Å². The molecule has 3 rings (SSSR count). The molecular formula is C18H16ClN5O2. The molecule has 7 nitrogen and oxygen atoms in total. The van der Waals surface area contributed by atoms with E-state index in [2.05, 4.69) is 25.6 Å². The molecule has 0 saturated carbocycles. The molecule has 132 valence electrons. The van der Waals surface area contributed by atoms with Gasteiger partial charge in [-0.3, -0.25) is 9.78 Å². The van der Waals surface area contributed by atoms with Gasteiger partial charge in [-0.15, -0.1) is 0 Å². The van der Waals surface area contributed by atoms with Gasteiger partial charge in [0, 0.05) is 17.4 Å². The minimum absolute atomic E-state index is 0.213. The Hall–Kier alpha value is -3.19. The summed E-state index contributed by atoms with van der Waals surface area (Å²) >= 11 is 5.98. The van der Waals surface area contributed by atoms with Crippen LogP contribution in [0.4, 0.5) is 11.6 Å². The monoisotopic (exact) mass is 369 g/mol. The molecule has 1 amide bonds. The third kappa shape index (κ3) is 4.46. The van der Waals surface area contributed by atoms with Crippen molar-refractivity contribution in [1.29, 1.82) is 0 Å². The molecule has 0 spiro atoms. The highest BCUT2D eigenvalue weighted by atomic mass is 35.5. The Morgan fingerprint density at radius 2 is 2.04 bits per heavy atom. The van der Waals surface area contributed by atoms with Crippen LogP contribution >= 0.6 is 11.6 Å². The van der Waals surface area contributed by atoms with E-state index < -0.39 is 5.91 Å². The summed E-state index contributed by atoms with van der Waals surface area (Å²) in [6, 6.07) is 12.1. The Kier molecular flexibility index (Phi) is 5.60. The zero-order chi connectivity index (χ0) is 18.4. The first kappa shape index (κ1) is 17.6. The third-order valence-electron chi connectivity index (χ3n) is 3.45. The summed E-state index contributed by atoms with van der Waals surface area (Å²) in [4.78, 5) is 25.0. The predicted molar refractivity (Wildman–Crippen MR) is 99.6 cm³/mol. The number of hydrogen-bond acceptors (Lipinski definition) is 6. The van der Waals surface area contributed by atoms with Gasteiger partial charge in [-0.2, -0.15) is 0 Å². The number of nitrogens with zero attached hydrogens (tertiary/aromatic N) is 3. The zero-order valence-electron chi connectivity index (χ0n) is 13.9. The molecule has 0 aliphatic rings. The lowest BCUT2D eigenvalue weighted by Gasteiger charge is -2.11. The number of pyridine rings is 1. The van der Waals surface area contributed by atoms with Gasteiger partial charge in [0.1, 0.15) is 11.4 Å². The fourth-order valence-electron chi connectivity index (χ4n) is 2.21. The molecule has 2 N–H and O–H groups in total. The minimum atomic E-state index is -0.395. The van der Waals surface area contributed by atoms with Gasteiger partial charge >= 0.3 is 0 Å². The van der Waals surface area contributed by atoms with Gasteiger partial charge in [0.2, 0.25) is 5.95 Å². The van der Waals surface area contributed by atoms with Crippen LogP contribution in [-0.4, -0.2) is 28.0 Å². The topological polar surface area (TPSA) is 89.0 Å². The van der Waals surface area contributed by atoms with Crippen LogP contribution < -0.4 is 15.4 Å². The van der Waals surface area contributed by atoms with Crippen LogP contribution in [-0.2, 0) is 6.54 Å². The van der Waals surface area contributed by atoms with E-state index in [1.165, 1.54) is 19.4 Å². The zero-order valence-corrected chi connectivity index (χ0v) is 14.7. The molecular weight excluding hydrogens is 354 g/mol. The van der Waals surface area contributed by atoms with Crippen molar-refractivity contribution < 1.29 is 9.53 Å². The lowest BCUT2D eigenvalue weighted by atomic mass is 10.2. The van der Waals surface area contributed by atoms with E-state index in [0.717, 1.165) is 5.69 Å². The Morgan fingerprint density at radius 1 is 1.15 bits per heavy atom. The van der Waals surface area contributed by atoms with E-state index in [1.807, 2.05) is 18.2 Å². The van der Waals surface area contributed by atoms with Crippen LogP contribution in [0.5, 0.6) is 5.75 Å². The Balaban J connectivity index is 1.71. The number of halogens is 1. The van der Waals surface area contributed by atoms with E-state index in [4.69, 9.17) is 16.3 Å². The van der Waals surface area contributed by atoms with Gasteiger partial charge in [-0.05, 0) is 36.4 Å². The van der Waals surface area contributed by atoms with Crippen molar-refractivity contribution in [3.63, 3.8) is 0 Å². The maximum atomic E-state index is 12.5. The molecule has 0 bridgehead atoms. The van der Waals surface area contributed by atoms with Crippen molar-refractivity contribution in [2.75, 3.05) is 17.7 Å². The molecule has 26 heavy (non-hydrogen) atoms. The Morgan fingerprint density at radius 3 is 2.81 bits per heavy atom.